The molecule has 1 saturated heterocycles. The SMILES string of the molecule is CC1(C(=O)Nc2cccc(OCC(N)=S)c2)CCCS1. The van der Waals surface area contributed by atoms with Gasteiger partial charge in [-0.25, -0.2) is 0 Å². The smallest absolute Gasteiger partial charge is 0.240 e. The van der Waals surface area contributed by atoms with Gasteiger partial charge in [0.05, 0.1) is 4.75 Å². The lowest BCUT2D eigenvalue weighted by Crippen LogP contribution is -2.34. The molecule has 1 amide bonds. The highest BCUT2D eigenvalue weighted by Crippen LogP contribution is 2.38. The number of anilines is 1. The Morgan fingerprint density at radius 2 is 2.40 bits per heavy atom. The first kappa shape index (κ1) is 15.1. The summed E-state index contributed by atoms with van der Waals surface area (Å²) in [4.78, 5) is 12.6. The second-order valence-electron chi connectivity index (χ2n) is 4.92. The fraction of sp³-hybridized carbons (Fsp3) is 0.429. The molecule has 3 N–H and O–H groups in total. The van der Waals surface area contributed by atoms with Crippen molar-refractivity contribution < 1.29 is 9.53 Å². The molecule has 1 aromatic rings. The Morgan fingerprint density at radius 1 is 1.60 bits per heavy atom. The van der Waals surface area contributed by atoms with Gasteiger partial charge in [0.2, 0.25) is 5.91 Å². The van der Waals surface area contributed by atoms with Crippen LogP contribution in [0.1, 0.15) is 19.8 Å². The van der Waals surface area contributed by atoms with E-state index in [-0.39, 0.29) is 17.3 Å². The van der Waals surface area contributed by atoms with Crippen LogP contribution >= 0.6 is 24.0 Å². The molecule has 1 aliphatic rings. The number of benzene rings is 1. The third kappa shape index (κ3) is 3.86. The van der Waals surface area contributed by atoms with Crippen LogP contribution in [0, 0.1) is 0 Å². The van der Waals surface area contributed by atoms with Crippen LogP contribution in [0.4, 0.5) is 5.69 Å². The van der Waals surface area contributed by atoms with Gasteiger partial charge in [-0.1, -0.05) is 18.3 Å². The molecule has 1 aliphatic heterocycles. The molecule has 20 heavy (non-hydrogen) atoms. The maximum absolute atomic E-state index is 12.3. The van der Waals surface area contributed by atoms with Gasteiger partial charge in [0.25, 0.3) is 0 Å². The van der Waals surface area contributed by atoms with Crippen molar-refractivity contribution in [3.8, 4) is 5.75 Å². The Kier molecular flexibility index (Phi) is 4.88. The number of carbonyl (C=O) groups is 1. The minimum absolute atomic E-state index is 0.0477. The zero-order valence-corrected chi connectivity index (χ0v) is 13.0. The highest BCUT2D eigenvalue weighted by Gasteiger charge is 2.37. The molecule has 0 aliphatic carbocycles. The number of nitrogens with one attached hydrogen (secondary N) is 1. The van der Waals surface area contributed by atoms with Crippen molar-refractivity contribution in [1.82, 2.24) is 0 Å². The Balaban J connectivity index is 2.00. The van der Waals surface area contributed by atoms with Gasteiger partial charge < -0.3 is 15.8 Å². The number of rotatable bonds is 5. The molecule has 1 heterocycles. The molecular weight excluding hydrogens is 292 g/mol. The number of hydrogen-bond acceptors (Lipinski definition) is 4. The van der Waals surface area contributed by atoms with Crippen molar-refractivity contribution in [3.05, 3.63) is 24.3 Å². The van der Waals surface area contributed by atoms with Crippen molar-refractivity contribution in [2.24, 2.45) is 5.73 Å². The molecule has 1 aromatic carbocycles. The third-order valence-electron chi connectivity index (χ3n) is 3.17. The van der Waals surface area contributed by atoms with E-state index in [1.807, 2.05) is 19.1 Å². The van der Waals surface area contributed by atoms with E-state index in [1.54, 1.807) is 23.9 Å². The first-order chi connectivity index (χ1) is 9.49. The number of nitrogens with two attached hydrogens (primary N) is 1. The summed E-state index contributed by atoms with van der Waals surface area (Å²) in [7, 11) is 0. The van der Waals surface area contributed by atoms with Crippen LogP contribution in [0.2, 0.25) is 0 Å². The van der Waals surface area contributed by atoms with E-state index >= 15 is 0 Å². The number of thiocarbonyl (C=S) groups is 1. The summed E-state index contributed by atoms with van der Waals surface area (Å²) in [6.45, 7) is 2.19. The van der Waals surface area contributed by atoms with E-state index in [1.165, 1.54) is 0 Å². The molecule has 1 atom stereocenters. The van der Waals surface area contributed by atoms with Crippen LogP contribution in [-0.4, -0.2) is 28.0 Å². The Bertz CT molecular complexity index is 514. The van der Waals surface area contributed by atoms with E-state index < -0.39 is 0 Å². The first-order valence-electron chi connectivity index (χ1n) is 6.46. The average molecular weight is 310 g/mol. The van der Waals surface area contributed by atoms with Crippen LogP contribution in [0.3, 0.4) is 0 Å². The average Bonchev–Trinajstić information content (AvgIpc) is 2.85. The van der Waals surface area contributed by atoms with Crippen LogP contribution in [0.25, 0.3) is 0 Å². The molecule has 6 heteroatoms. The predicted octanol–water partition coefficient (Wildman–Crippen LogP) is 2.58. The zero-order chi connectivity index (χ0) is 14.6. The molecule has 2 rings (SSSR count). The molecule has 108 valence electrons. The third-order valence-corrected chi connectivity index (χ3v) is 4.81. The van der Waals surface area contributed by atoms with Crippen LogP contribution in [-0.2, 0) is 4.79 Å². The largest absolute Gasteiger partial charge is 0.486 e. The van der Waals surface area contributed by atoms with Gasteiger partial charge in [0.15, 0.2) is 0 Å². The summed E-state index contributed by atoms with van der Waals surface area (Å²) in [6, 6.07) is 7.25. The minimum Gasteiger partial charge on any atom is -0.486 e. The standard InChI is InChI=1S/C14H18N2O2S2/c1-14(6-3-7-20-14)13(17)16-10-4-2-5-11(8-10)18-9-12(15)19/h2,4-5,8H,3,6-7,9H2,1H3,(H2,15,19)(H,16,17). The fourth-order valence-electron chi connectivity index (χ4n) is 2.04. The van der Waals surface area contributed by atoms with Crippen molar-refractivity contribution in [1.29, 1.82) is 0 Å². The topological polar surface area (TPSA) is 64.3 Å². The molecule has 0 radical (unpaired) electrons. The quantitative estimate of drug-likeness (QED) is 0.818. The van der Waals surface area contributed by atoms with Crippen molar-refractivity contribution in [3.63, 3.8) is 0 Å². The molecule has 0 bridgehead atoms. The molecule has 4 nitrogen and oxygen atoms in total. The monoisotopic (exact) mass is 310 g/mol. The van der Waals surface area contributed by atoms with Gasteiger partial charge in [-0.3, -0.25) is 4.79 Å². The molecule has 1 unspecified atom stereocenters. The van der Waals surface area contributed by atoms with Gasteiger partial charge in [-0.15, -0.1) is 11.8 Å². The van der Waals surface area contributed by atoms with Crippen molar-refractivity contribution >= 4 is 40.6 Å². The van der Waals surface area contributed by atoms with E-state index in [4.69, 9.17) is 22.7 Å². The van der Waals surface area contributed by atoms with Crippen molar-refractivity contribution in [2.75, 3.05) is 17.7 Å². The lowest BCUT2D eigenvalue weighted by molar-refractivity contribution is -0.118. The van der Waals surface area contributed by atoms with Crippen molar-refractivity contribution in [2.45, 2.75) is 24.5 Å². The lowest BCUT2D eigenvalue weighted by atomic mass is 10.0. The maximum atomic E-state index is 12.3. The Hall–Kier alpha value is -1.27. The number of ether oxygens (including phenoxy) is 1. The minimum atomic E-state index is -0.324. The fourth-order valence-corrected chi connectivity index (χ4v) is 3.31. The second kappa shape index (κ2) is 6.45. The number of hydrogen-bond donors (Lipinski definition) is 2. The van der Waals surface area contributed by atoms with E-state index in [2.05, 4.69) is 5.32 Å². The maximum Gasteiger partial charge on any atom is 0.240 e. The highest BCUT2D eigenvalue weighted by atomic mass is 32.2. The van der Waals surface area contributed by atoms with Gasteiger partial charge in [-0.05, 0) is 37.7 Å². The normalized spacial score (nSPS) is 21.4. The van der Waals surface area contributed by atoms with Crippen LogP contribution < -0.4 is 15.8 Å². The van der Waals surface area contributed by atoms with Crippen LogP contribution in [0.15, 0.2) is 24.3 Å². The summed E-state index contributed by atoms with van der Waals surface area (Å²) < 4.78 is 5.09. The molecular formula is C14H18N2O2S2. The molecule has 0 saturated carbocycles. The number of amides is 1. The van der Waals surface area contributed by atoms with E-state index in [0.717, 1.165) is 24.3 Å². The lowest BCUT2D eigenvalue weighted by Gasteiger charge is -2.21. The number of carbonyl (C=O) groups excluding carboxylic acids is 1. The molecule has 0 aromatic heterocycles. The first-order valence-corrected chi connectivity index (χ1v) is 7.85. The number of thioether (sulfide) groups is 1. The predicted molar refractivity (Wildman–Crippen MR) is 87.4 cm³/mol. The zero-order valence-electron chi connectivity index (χ0n) is 11.3. The van der Waals surface area contributed by atoms with E-state index in [0.29, 0.717) is 10.7 Å². The Labute approximate surface area is 128 Å². The molecule has 0 spiro atoms. The van der Waals surface area contributed by atoms with Gasteiger partial charge >= 0.3 is 0 Å². The van der Waals surface area contributed by atoms with E-state index in [9.17, 15) is 4.79 Å². The summed E-state index contributed by atoms with van der Waals surface area (Å²) in [5.41, 5.74) is 6.12. The Morgan fingerprint density at radius 3 is 3.05 bits per heavy atom. The van der Waals surface area contributed by atoms with Gasteiger partial charge in [0, 0.05) is 11.8 Å². The summed E-state index contributed by atoms with van der Waals surface area (Å²) in [5, 5.41) is 2.95. The van der Waals surface area contributed by atoms with Gasteiger partial charge in [0.1, 0.15) is 17.3 Å². The molecule has 1 fully saturated rings. The van der Waals surface area contributed by atoms with Crippen LogP contribution in [0.5, 0.6) is 5.75 Å². The highest BCUT2D eigenvalue weighted by molar-refractivity contribution is 8.01. The summed E-state index contributed by atoms with van der Waals surface area (Å²) >= 11 is 6.48. The second-order valence-corrected chi connectivity index (χ2v) is 7.04. The summed E-state index contributed by atoms with van der Waals surface area (Å²) in [5.74, 6) is 1.73. The summed E-state index contributed by atoms with van der Waals surface area (Å²) in [6.07, 6.45) is 2.01. The van der Waals surface area contributed by atoms with Gasteiger partial charge in [-0.2, -0.15) is 0 Å².